The van der Waals surface area contributed by atoms with Crippen LogP contribution in [0.2, 0.25) is 0 Å². The average molecular weight is 216 g/mol. The fraction of sp³-hybridized carbons (Fsp3) is 0.125. The minimum Gasteiger partial charge on any atom is -0.482 e. The Balaban J connectivity index is 2.41. The van der Waals surface area contributed by atoms with Gasteiger partial charge in [-0.05, 0) is 6.07 Å². The minimum atomic E-state index is -5.05. The number of nitrogens with one attached hydrogen (secondary N) is 1. The monoisotopic (exact) mass is 216 g/mol. The van der Waals surface area contributed by atoms with E-state index in [0.717, 1.165) is 12.1 Å². The Bertz CT molecular complexity index is 419. The molecule has 0 bridgehead atoms. The second kappa shape index (κ2) is 3.18. The Hall–Kier alpha value is -1.66. The summed E-state index contributed by atoms with van der Waals surface area (Å²) in [5, 5.41) is 2.32. The predicted octanol–water partition coefficient (Wildman–Crippen LogP) is 1.07. The fourth-order valence-electron chi connectivity index (χ4n) is 1.30. The molecule has 1 amide bonds. The van der Waals surface area contributed by atoms with E-state index in [2.05, 4.69) is 5.32 Å². The van der Waals surface area contributed by atoms with Crippen molar-refractivity contribution in [2.75, 3.05) is 11.9 Å². The van der Waals surface area contributed by atoms with Gasteiger partial charge in [-0.2, -0.15) is 0 Å². The molecule has 0 spiro atoms. The van der Waals surface area contributed by atoms with E-state index in [9.17, 15) is 17.7 Å². The number of benzene rings is 1. The summed E-state index contributed by atoms with van der Waals surface area (Å²) in [6.07, 6.45) is 0. The van der Waals surface area contributed by atoms with E-state index in [0.29, 0.717) is 0 Å². The fourth-order valence-corrected chi connectivity index (χ4v) is 1.30. The molecule has 0 saturated heterocycles. The molecule has 0 aliphatic carbocycles. The highest BCUT2D eigenvalue weighted by atomic mass is 19.4. The number of rotatable bonds is 1. The first-order chi connectivity index (χ1) is 6.97. The van der Waals surface area contributed by atoms with Gasteiger partial charge in [0, 0.05) is 0 Å². The highest BCUT2D eigenvalue weighted by Gasteiger charge is 2.27. The molecule has 3 nitrogen and oxygen atoms in total. The zero-order chi connectivity index (χ0) is 11.1. The van der Waals surface area contributed by atoms with Crippen molar-refractivity contribution in [2.45, 2.75) is 0 Å². The van der Waals surface area contributed by atoms with Crippen LogP contribution in [0.4, 0.5) is 18.6 Å². The summed E-state index contributed by atoms with van der Waals surface area (Å²) in [4.78, 5) is 10.9. The maximum Gasteiger partial charge on any atom is 0.509 e. The number of hydrogen-bond donors (Lipinski definition) is 1. The first kappa shape index (κ1) is 9.88. The molecule has 1 N–H and O–H groups in total. The van der Waals surface area contributed by atoms with Crippen molar-refractivity contribution in [1.82, 2.24) is 0 Å². The molecule has 0 fully saturated rings. The van der Waals surface area contributed by atoms with E-state index >= 15 is 0 Å². The molecule has 2 rings (SSSR count). The third-order valence-corrected chi connectivity index (χ3v) is 2.01. The largest absolute Gasteiger partial charge is 0.509 e. The highest BCUT2D eigenvalue weighted by Crippen LogP contribution is 2.27. The maximum absolute atomic E-state index is 12.4. The zero-order valence-electron chi connectivity index (χ0n) is 7.47. The molecule has 1 heterocycles. The smallest absolute Gasteiger partial charge is 0.482 e. The summed E-state index contributed by atoms with van der Waals surface area (Å²) in [6.45, 7) is -5.21. The lowest BCUT2D eigenvalue weighted by Crippen LogP contribution is -2.35. The van der Waals surface area contributed by atoms with Crippen LogP contribution in [0.3, 0.4) is 0 Å². The van der Waals surface area contributed by atoms with Gasteiger partial charge in [0.25, 0.3) is 5.91 Å². The topological polar surface area (TPSA) is 38.3 Å². The Kier molecular flexibility index (Phi) is 2.10. The third kappa shape index (κ3) is 1.90. The van der Waals surface area contributed by atoms with Gasteiger partial charge in [-0.1, -0.05) is 12.1 Å². The van der Waals surface area contributed by atoms with Gasteiger partial charge >= 0.3 is 6.98 Å². The molecular formula is C8H6BF3NO2-. The summed E-state index contributed by atoms with van der Waals surface area (Å²) < 4.78 is 42.0. The number of ether oxygens (including phenoxy) is 1. The summed E-state index contributed by atoms with van der Waals surface area (Å²) in [6, 6.07) is 3.03. The van der Waals surface area contributed by atoms with Gasteiger partial charge in [0.05, 0.1) is 5.69 Å². The van der Waals surface area contributed by atoms with Crippen LogP contribution < -0.4 is 15.5 Å². The van der Waals surface area contributed by atoms with Crippen molar-refractivity contribution in [1.29, 1.82) is 0 Å². The van der Waals surface area contributed by atoms with E-state index in [1.165, 1.54) is 6.07 Å². The van der Waals surface area contributed by atoms with Gasteiger partial charge in [0.1, 0.15) is 5.75 Å². The number of carbonyl (C=O) groups excluding carboxylic acids is 1. The van der Waals surface area contributed by atoms with Gasteiger partial charge in [-0.15, -0.1) is 5.46 Å². The van der Waals surface area contributed by atoms with E-state index in [4.69, 9.17) is 4.74 Å². The number of anilines is 1. The molecule has 0 radical (unpaired) electrons. The molecule has 0 aromatic heterocycles. The summed E-state index contributed by atoms with van der Waals surface area (Å²) >= 11 is 0. The van der Waals surface area contributed by atoms with E-state index in [1.54, 1.807) is 0 Å². The number of carbonyl (C=O) groups is 1. The van der Waals surface area contributed by atoms with Crippen LogP contribution >= 0.6 is 0 Å². The lowest BCUT2D eigenvalue weighted by atomic mass is 9.80. The normalized spacial score (nSPS) is 15.3. The molecule has 80 valence electrons. The van der Waals surface area contributed by atoms with Crippen molar-refractivity contribution in [3.63, 3.8) is 0 Å². The summed E-state index contributed by atoms with van der Waals surface area (Å²) in [7, 11) is 0. The predicted molar refractivity (Wildman–Crippen MR) is 49.3 cm³/mol. The highest BCUT2D eigenvalue weighted by molar-refractivity contribution is 6.73. The average Bonchev–Trinajstić information content (AvgIpc) is 2.15. The number of hydrogen-bond acceptors (Lipinski definition) is 2. The molecule has 1 aromatic carbocycles. The number of halogens is 3. The Morgan fingerprint density at radius 2 is 2.07 bits per heavy atom. The molecule has 1 aliphatic heterocycles. The molecule has 0 atom stereocenters. The Labute approximate surface area is 83.3 Å². The summed E-state index contributed by atoms with van der Waals surface area (Å²) in [5.74, 6) is -0.187. The summed E-state index contributed by atoms with van der Waals surface area (Å²) in [5.41, 5.74) is -0.678. The second-order valence-corrected chi connectivity index (χ2v) is 3.17. The third-order valence-electron chi connectivity index (χ3n) is 2.01. The number of amides is 1. The molecule has 0 unspecified atom stereocenters. The number of fused-ring (bicyclic) bond motifs is 1. The molecular weight excluding hydrogens is 210 g/mol. The molecule has 1 aliphatic rings. The zero-order valence-corrected chi connectivity index (χ0v) is 7.47. The van der Waals surface area contributed by atoms with Gasteiger partial charge in [-0.25, -0.2) is 0 Å². The first-order valence-electron chi connectivity index (χ1n) is 4.23. The van der Waals surface area contributed by atoms with Crippen LogP contribution in [0, 0.1) is 0 Å². The quantitative estimate of drug-likeness (QED) is 0.713. The molecule has 0 saturated carbocycles. The molecule has 15 heavy (non-hydrogen) atoms. The lowest BCUT2D eigenvalue weighted by molar-refractivity contribution is -0.118. The van der Waals surface area contributed by atoms with Crippen LogP contribution in [0.15, 0.2) is 18.2 Å². The van der Waals surface area contributed by atoms with Crippen molar-refractivity contribution in [3.05, 3.63) is 18.2 Å². The van der Waals surface area contributed by atoms with Gasteiger partial charge in [0.2, 0.25) is 0 Å². The van der Waals surface area contributed by atoms with Crippen molar-refractivity contribution < 1.29 is 22.5 Å². The van der Waals surface area contributed by atoms with Gasteiger partial charge in [0.15, 0.2) is 6.61 Å². The maximum atomic E-state index is 12.4. The Morgan fingerprint density at radius 1 is 1.33 bits per heavy atom. The van der Waals surface area contributed by atoms with Crippen LogP contribution in [0.5, 0.6) is 5.75 Å². The van der Waals surface area contributed by atoms with Crippen molar-refractivity contribution in [2.24, 2.45) is 0 Å². The van der Waals surface area contributed by atoms with Crippen LogP contribution in [-0.4, -0.2) is 19.5 Å². The van der Waals surface area contributed by atoms with Crippen LogP contribution in [0.1, 0.15) is 0 Å². The second-order valence-electron chi connectivity index (χ2n) is 3.17. The lowest BCUT2D eigenvalue weighted by Gasteiger charge is -2.21. The van der Waals surface area contributed by atoms with Crippen molar-refractivity contribution >= 4 is 24.0 Å². The standard InChI is InChI=1S/C8H6BF3NO2/c10-9(11,12)5-1-2-7-6(3-5)13-8(14)4-15-7/h1-3H,4H2,(H,13,14)/q-1. The van der Waals surface area contributed by atoms with Crippen LogP contribution in [0.25, 0.3) is 0 Å². The van der Waals surface area contributed by atoms with Crippen molar-refractivity contribution in [3.8, 4) is 5.75 Å². The molecule has 7 heteroatoms. The first-order valence-corrected chi connectivity index (χ1v) is 4.23. The van der Waals surface area contributed by atoms with E-state index in [1.807, 2.05) is 0 Å². The van der Waals surface area contributed by atoms with E-state index in [-0.39, 0.29) is 18.0 Å². The molecule has 1 aromatic rings. The SMILES string of the molecule is O=C1COc2ccc([B-](F)(F)F)cc2N1. The minimum absolute atomic E-state index is 0.0722. The van der Waals surface area contributed by atoms with Gasteiger partial charge in [-0.3, -0.25) is 4.79 Å². The Morgan fingerprint density at radius 3 is 2.73 bits per heavy atom. The van der Waals surface area contributed by atoms with E-state index < -0.39 is 18.3 Å². The van der Waals surface area contributed by atoms with Gasteiger partial charge < -0.3 is 23.0 Å². The van der Waals surface area contributed by atoms with Crippen LogP contribution in [-0.2, 0) is 4.79 Å².